The highest BCUT2D eigenvalue weighted by Crippen LogP contribution is 2.04. The largest absolute Gasteiger partial charge is 0.330 e. The van der Waals surface area contributed by atoms with E-state index in [2.05, 4.69) is 0 Å². The van der Waals surface area contributed by atoms with Gasteiger partial charge in [0.1, 0.15) is 23.7 Å². The van der Waals surface area contributed by atoms with Crippen LogP contribution in [-0.2, 0) is 6.42 Å². The van der Waals surface area contributed by atoms with Crippen molar-refractivity contribution in [1.82, 2.24) is 0 Å². The number of aldehydes is 1. The number of nitro groups is 1. The van der Waals surface area contributed by atoms with Gasteiger partial charge < -0.3 is 5.73 Å². The Morgan fingerprint density at radius 2 is 1.19 bits per heavy atom. The van der Waals surface area contributed by atoms with Crippen molar-refractivity contribution in [2.45, 2.75) is 6.42 Å². The number of benzene rings is 3. The molecule has 0 saturated carbocycles. The predicted octanol–water partition coefficient (Wildman–Crippen LogP) is 5.04. The number of hydrogen-bond acceptors (Lipinski definition) is 4. The summed E-state index contributed by atoms with van der Waals surface area (Å²) in [6.07, 6.45) is 3.62. The minimum Gasteiger partial charge on any atom is -0.330 e. The van der Waals surface area contributed by atoms with Crippen molar-refractivity contribution in [2.75, 3.05) is 6.54 Å². The zero-order chi connectivity index (χ0) is 23.1. The lowest BCUT2D eigenvalue weighted by atomic mass is 10.1. The Morgan fingerprint density at radius 3 is 1.58 bits per heavy atom. The molecule has 0 heterocycles. The van der Waals surface area contributed by atoms with Gasteiger partial charge in [0.05, 0.1) is 4.92 Å². The molecule has 0 aromatic heterocycles. The third-order valence-electron chi connectivity index (χ3n) is 3.61. The molecule has 3 rings (SSSR count). The molecular formula is C23H21F3N2O3. The highest BCUT2D eigenvalue weighted by molar-refractivity contribution is 5.74. The maximum Gasteiger partial charge on any atom is 0.235 e. The van der Waals surface area contributed by atoms with Gasteiger partial charge in [0.2, 0.25) is 6.20 Å². The molecule has 8 heteroatoms. The highest BCUT2D eigenvalue weighted by Gasteiger charge is 1.91. The molecule has 0 spiro atoms. The minimum atomic E-state index is -0.566. The van der Waals surface area contributed by atoms with Crippen LogP contribution in [0.25, 0.3) is 6.08 Å². The molecule has 0 unspecified atom stereocenters. The molecular weight excluding hydrogens is 409 g/mol. The van der Waals surface area contributed by atoms with Gasteiger partial charge in [-0.15, -0.1) is 0 Å². The topological polar surface area (TPSA) is 86.2 Å². The van der Waals surface area contributed by atoms with Gasteiger partial charge in [0, 0.05) is 11.6 Å². The van der Waals surface area contributed by atoms with E-state index in [9.17, 15) is 28.1 Å². The van der Waals surface area contributed by atoms with Crippen LogP contribution in [0.3, 0.4) is 0 Å². The summed E-state index contributed by atoms with van der Waals surface area (Å²) in [5.41, 5.74) is 7.49. The Balaban J connectivity index is 0.000000235. The van der Waals surface area contributed by atoms with E-state index < -0.39 is 4.92 Å². The number of rotatable bonds is 5. The van der Waals surface area contributed by atoms with Crippen molar-refractivity contribution >= 4 is 12.4 Å². The third kappa shape index (κ3) is 11.7. The summed E-state index contributed by atoms with van der Waals surface area (Å²) >= 11 is 0. The van der Waals surface area contributed by atoms with Gasteiger partial charge in [0.15, 0.2) is 0 Å². The molecule has 0 aliphatic rings. The molecule has 2 N–H and O–H groups in total. The van der Waals surface area contributed by atoms with Crippen molar-refractivity contribution < 1.29 is 22.9 Å². The SMILES string of the molecule is NCCc1ccc(F)cc1.O=Cc1ccc(F)cc1.O=[N+]([O-])/C=C/c1ccc(F)cc1. The lowest BCUT2D eigenvalue weighted by Crippen LogP contribution is -2.02. The van der Waals surface area contributed by atoms with E-state index in [0.29, 0.717) is 24.0 Å². The Labute approximate surface area is 177 Å². The molecule has 0 radical (unpaired) electrons. The van der Waals surface area contributed by atoms with Crippen LogP contribution in [-0.4, -0.2) is 17.8 Å². The predicted molar refractivity (Wildman–Crippen MR) is 113 cm³/mol. The van der Waals surface area contributed by atoms with Gasteiger partial charge in [-0.1, -0.05) is 24.3 Å². The summed E-state index contributed by atoms with van der Waals surface area (Å²) in [5, 5.41) is 9.88. The van der Waals surface area contributed by atoms with Crippen LogP contribution in [0, 0.1) is 27.6 Å². The summed E-state index contributed by atoms with van der Waals surface area (Å²) in [5.74, 6) is -0.866. The minimum absolute atomic E-state index is 0.194. The van der Waals surface area contributed by atoms with Crippen molar-refractivity contribution in [2.24, 2.45) is 5.73 Å². The smallest absolute Gasteiger partial charge is 0.235 e. The monoisotopic (exact) mass is 430 g/mol. The van der Waals surface area contributed by atoms with Crippen LogP contribution in [0.4, 0.5) is 13.2 Å². The van der Waals surface area contributed by atoms with Crippen LogP contribution in [0.5, 0.6) is 0 Å². The van der Waals surface area contributed by atoms with Gasteiger partial charge in [-0.05, 0) is 72.6 Å². The maximum absolute atomic E-state index is 12.3. The van der Waals surface area contributed by atoms with Gasteiger partial charge >= 0.3 is 0 Å². The van der Waals surface area contributed by atoms with E-state index in [1.807, 2.05) is 0 Å². The van der Waals surface area contributed by atoms with E-state index in [1.165, 1.54) is 66.7 Å². The summed E-state index contributed by atoms with van der Waals surface area (Å²) in [7, 11) is 0. The lowest BCUT2D eigenvalue weighted by Gasteiger charge is -1.95. The summed E-state index contributed by atoms with van der Waals surface area (Å²) in [4.78, 5) is 19.3. The summed E-state index contributed by atoms with van der Waals surface area (Å²) in [6.45, 7) is 0.617. The first-order chi connectivity index (χ1) is 14.8. The standard InChI is InChI=1S/C8H6FNO2.C8H10FN.C7H5FO/c9-8-3-1-7(2-4-8)5-6-10(11)12;9-8-3-1-7(2-4-8)5-6-10;8-7-3-1-6(5-9)2-4-7/h1-6H;1-4H,5-6,10H2;1-5H/b6-5+;;. The fourth-order valence-electron chi connectivity index (χ4n) is 2.08. The number of nitrogens with zero attached hydrogens (tertiary/aromatic N) is 1. The van der Waals surface area contributed by atoms with E-state index in [4.69, 9.17) is 5.73 Å². The molecule has 3 aromatic rings. The van der Waals surface area contributed by atoms with Gasteiger partial charge in [-0.2, -0.15) is 0 Å². The number of carbonyl (C=O) groups is 1. The van der Waals surface area contributed by atoms with E-state index >= 15 is 0 Å². The zero-order valence-corrected chi connectivity index (χ0v) is 16.5. The van der Waals surface area contributed by atoms with Crippen molar-refractivity contribution in [3.8, 4) is 0 Å². The average Bonchev–Trinajstić information content (AvgIpc) is 2.77. The first-order valence-corrected chi connectivity index (χ1v) is 9.06. The van der Waals surface area contributed by atoms with Crippen LogP contribution in [0.2, 0.25) is 0 Å². The second kappa shape index (κ2) is 14.2. The van der Waals surface area contributed by atoms with Crippen molar-refractivity contribution in [3.05, 3.63) is 123 Å². The second-order valence-corrected chi connectivity index (χ2v) is 5.99. The average molecular weight is 430 g/mol. The zero-order valence-electron chi connectivity index (χ0n) is 16.5. The van der Waals surface area contributed by atoms with Crippen LogP contribution in [0.15, 0.2) is 79.0 Å². The first-order valence-electron chi connectivity index (χ1n) is 9.06. The summed E-state index contributed by atoms with van der Waals surface area (Å²) in [6, 6.07) is 17.2. The number of carbonyl (C=O) groups excluding carboxylic acids is 1. The molecule has 162 valence electrons. The fraction of sp³-hybridized carbons (Fsp3) is 0.0870. The molecule has 0 aliphatic carbocycles. The number of nitrogens with two attached hydrogens (primary N) is 1. The molecule has 0 fully saturated rings. The van der Waals surface area contributed by atoms with Gasteiger partial charge in [-0.25, -0.2) is 13.2 Å². The van der Waals surface area contributed by atoms with E-state index in [0.717, 1.165) is 18.2 Å². The maximum atomic E-state index is 12.3. The third-order valence-corrected chi connectivity index (χ3v) is 3.61. The Morgan fingerprint density at radius 1 is 0.774 bits per heavy atom. The Kier molecular flexibility index (Phi) is 11.6. The van der Waals surface area contributed by atoms with Crippen LogP contribution in [0.1, 0.15) is 21.5 Å². The quantitative estimate of drug-likeness (QED) is 0.349. The molecule has 0 aliphatic heterocycles. The molecule has 0 bridgehead atoms. The second-order valence-electron chi connectivity index (χ2n) is 5.99. The molecule has 0 amide bonds. The molecule has 5 nitrogen and oxygen atoms in total. The number of hydrogen-bond donors (Lipinski definition) is 1. The molecule has 3 aromatic carbocycles. The molecule has 31 heavy (non-hydrogen) atoms. The number of halogens is 3. The van der Waals surface area contributed by atoms with Gasteiger partial charge in [0.25, 0.3) is 0 Å². The van der Waals surface area contributed by atoms with Crippen molar-refractivity contribution in [1.29, 1.82) is 0 Å². The molecule has 0 atom stereocenters. The first kappa shape index (κ1) is 25.3. The normalized spacial score (nSPS) is 9.81. The lowest BCUT2D eigenvalue weighted by molar-refractivity contribution is -0.400. The highest BCUT2D eigenvalue weighted by atomic mass is 19.1. The Bertz CT molecular complexity index is 959. The van der Waals surface area contributed by atoms with Crippen molar-refractivity contribution in [3.63, 3.8) is 0 Å². The Hall–Kier alpha value is -3.78. The molecule has 0 saturated heterocycles. The van der Waals surface area contributed by atoms with Gasteiger partial charge in [-0.3, -0.25) is 14.9 Å². The summed E-state index contributed by atoms with van der Waals surface area (Å²) < 4.78 is 36.7. The fourth-order valence-corrected chi connectivity index (χ4v) is 2.08. The van der Waals surface area contributed by atoms with E-state index in [1.54, 1.807) is 12.1 Å². The van der Waals surface area contributed by atoms with Crippen LogP contribution < -0.4 is 5.73 Å². The van der Waals surface area contributed by atoms with Crippen LogP contribution >= 0.6 is 0 Å². The van der Waals surface area contributed by atoms with E-state index in [-0.39, 0.29) is 17.5 Å².